The number of rotatable bonds is 7. The highest BCUT2D eigenvalue weighted by molar-refractivity contribution is 4.95. The Morgan fingerprint density at radius 1 is 1.00 bits per heavy atom. The molecule has 2 aliphatic rings. The molecule has 2 fully saturated rings. The lowest BCUT2D eigenvalue weighted by atomic mass is 9.86. The molecule has 0 saturated carbocycles. The maximum Gasteiger partial charge on any atom is 0.0353 e. The van der Waals surface area contributed by atoms with Gasteiger partial charge in [-0.1, -0.05) is 6.92 Å². The van der Waals surface area contributed by atoms with Gasteiger partial charge in [-0.2, -0.15) is 0 Å². The van der Waals surface area contributed by atoms with Crippen LogP contribution in [0.1, 0.15) is 39.0 Å². The summed E-state index contributed by atoms with van der Waals surface area (Å²) in [6.45, 7) is 11.8. The Labute approximate surface area is 125 Å². The first-order valence-electron chi connectivity index (χ1n) is 8.56. The number of nitrogens with zero attached hydrogens (tertiary/aromatic N) is 3. The van der Waals surface area contributed by atoms with Crippen LogP contribution in [-0.4, -0.2) is 79.6 Å². The zero-order valence-corrected chi connectivity index (χ0v) is 13.6. The molecular weight excluding hydrogens is 248 g/mol. The van der Waals surface area contributed by atoms with Gasteiger partial charge in [-0.05, 0) is 71.9 Å². The van der Waals surface area contributed by atoms with E-state index in [2.05, 4.69) is 28.7 Å². The molecule has 0 aliphatic carbocycles. The van der Waals surface area contributed by atoms with Gasteiger partial charge < -0.3 is 15.5 Å². The normalized spacial score (nSPS) is 24.6. The molecule has 0 atom stereocenters. The average Bonchev–Trinajstić information content (AvgIpc) is 2.99. The summed E-state index contributed by atoms with van der Waals surface area (Å²) in [6, 6.07) is 0. The lowest BCUT2D eigenvalue weighted by molar-refractivity contribution is 0.0402. The molecule has 118 valence electrons. The maximum atomic E-state index is 6.17. The third-order valence-corrected chi connectivity index (χ3v) is 5.47. The lowest BCUT2D eigenvalue weighted by Gasteiger charge is -2.47. The summed E-state index contributed by atoms with van der Waals surface area (Å²) >= 11 is 0. The molecule has 2 aliphatic heterocycles. The van der Waals surface area contributed by atoms with Crippen LogP contribution in [0.4, 0.5) is 0 Å². The first-order valence-corrected chi connectivity index (χ1v) is 8.56. The van der Waals surface area contributed by atoms with E-state index in [0.717, 1.165) is 6.54 Å². The van der Waals surface area contributed by atoms with Crippen LogP contribution in [0.5, 0.6) is 0 Å². The highest BCUT2D eigenvalue weighted by Gasteiger charge is 2.36. The van der Waals surface area contributed by atoms with Gasteiger partial charge in [0.25, 0.3) is 0 Å². The Morgan fingerprint density at radius 3 is 2.15 bits per heavy atom. The first-order chi connectivity index (χ1) is 9.70. The van der Waals surface area contributed by atoms with Gasteiger partial charge in [-0.25, -0.2) is 0 Å². The fraction of sp³-hybridized carbons (Fsp3) is 1.00. The number of likely N-dealkylation sites (tertiary alicyclic amines) is 2. The van der Waals surface area contributed by atoms with Crippen LogP contribution in [0.3, 0.4) is 0 Å². The van der Waals surface area contributed by atoms with Crippen LogP contribution in [0.15, 0.2) is 0 Å². The highest BCUT2D eigenvalue weighted by Crippen LogP contribution is 2.27. The van der Waals surface area contributed by atoms with E-state index in [1.165, 1.54) is 77.9 Å². The molecule has 2 heterocycles. The van der Waals surface area contributed by atoms with Gasteiger partial charge in [0.05, 0.1) is 0 Å². The van der Waals surface area contributed by atoms with Gasteiger partial charge >= 0.3 is 0 Å². The van der Waals surface area contributed by atoms with Crippen molar-refractivity contribution in [3.63, 3.8) is 0 Å². The SMILES string of the molecule is CCCN1CCC(CN)(N(C)CCN2CCCC2)CC1. The van der Waals surface area contributed by atoms with E-state index in [1.54, 1.807) is 0 Å². The van der Waals surface area contributed by atoms with E-state index in [4.69, 9.17) is 5.73 Å². The van der Waals surface area contributed by atoms with E-state index in [0.29, 0.717) is 0 Å². The summed E-state index contributed by atoms with van der Waals surface area (Å²) in [6.07, 6.45) is 6.51. The smallest absolute Gasteiger partial charge is 0.0353 e. The van der Waals surface area contributed by atoms with Crippen molar-refractivity contribution >= 4 is 0 Å². The van der Waals surface area contributed by atoms with Crippen molar-refractivity contribution in [2.24, 2.45) is 5.73 Å². The van der Waals surface area contributed by atoms with Gasteiger partial charge in [0, 0.05) is 25.2 Å². The fourth-order valence-corrected chi connectivity index (χ4v) is 3.79. The zero-order chi connectivity index (χ0) is 14.4. The molecule has 2 rings (SSSR count). The standard InChI is InChI=1S/C16H34N4/c1-3-8-19-11-6-16(15-17,7-12-19)18(2)13-14-20-9-4-5-10-20/h3-15,17H2,1-2H3. The van der Waals surface area contributed by atoms with E-state index in [-0.39, 0.29) is 5.54 Å². The second kappa shape index (κ2) is 7.74. The second-order valence-corrected chi connectivity index (χ2v) is 6.74. The largest absolute Gasteiger partial charge is 0.329 e. The van der Waals surface area contributed by atoms with E-state index in [9.17, 15) is 0 Å². The fourth-order valence-electron chi connectivity index (χ4n) is 3.79. The number of piperidine rings is 1. The van der Waals surface area contributed by atoms with Crippen LogP contribution in [0.25, 0.3) is 0 Å². The van der Waals surface area contributed by atoms with Gasteiger partial charge in [-0.3, -0.25) is 4.90 Å². The van der Waals surface area contributed by atoms with Crippen LogP contribution in [0, 0.1) is 0 Å². The van der Waals surface area contributed by atoms with Gasteiger partial charge in [0.2, 0.25) is 0 Å². The lowest BCUT2D eigenvalue weighted by Crippen LogP contribution is -2.59. The summed E-state index contributed by atoms with van der Waals surface area (Å²) < 4.78 is 0. The van der Waals surface area contributed by atoms with Crippen molar-refractivity contribution in [2.75, 3.05) is 59.4 Å². The monoisotopic (exact) mass is 282 g/mol. The summed E-state index contributed by atoms with van der Waals surface area (Å²) in [4.78, 5) is 7.77. The number of hydrogen-bond acceptors (Lipinski definition) is 4. The molecular formula is C16H34N4. The Hall–Kier alpha value is -0.160. The third-order valence-electron chi connectivity index (χ3n) is 5.47. The molecule has 20 heavy (non-hydrogen) atoms. The third kappa shape index (κ3) is 3.94. The second-order valence-electron chi connectivity index (χ2n) is 6.74. The molecule has 4 heteroatoms. The van der Waals surface area contributed by atoms with Gasteiger partial charge in [0.15, 0.2) is 0 Å². The predicted octanol–water partition coefficient (Wildman–Crippen LogP) is 1.22. The molecule has 0 aromatic carbocycles. The topological polar surface area (TPSA) is 35.7 Å². The van der Waals surface area contributed by atoms with Crippen molar-refractivity contribution in [3.05, 3.63) is 0 Å². The Balaban J connectivity index is 1.80. The molecule has 0 spiro atoms. The molecule has 0 aromatic rings. The number of nitrogens with two attached hydrogens (primary N) is 1. The Bertz CT molecular complexity index is 268. The van der Waals surface area contributed by atoms with Crippen molar-refractivity contribution < 1.29 is 0 Å². The molecule has 0 radical (unpaired) electrons. The van der Waals surface area contributed by atoms with Crippen molar-refractivity contribution in [2.45, 2.75) is 44.6 Å². The summed E-state index contributed by atoms with van der Waals surface area (Å²) in [7, 11) is 2.29. The number of likely N-dealkylation sites (N-methyl/N-ethyl adjacent to an activating group) is 1. The molecule has 2 saturated heterocycles. The maximum absolute atomic E-state index is 6.17. The summed E-state index contributed by atoms with van der Waals surface area (Å²) in [5, 5.41) is 0. The van der Waals surface area contributed by atoms with E-state index in [1.807, 2.05) is 0 Å². The van der Waals surface area contributed by atoms with Crippen LogP contribution in [-0.2, 0) is 0 Å². The minimum Gasteiger partial charge on any atom is -0.329 e. The molecule has 0 amide bonds. The molecule has 0 unspecified atom stereocenters. The van der Waals surface area contributed by atoms with Gasteiger partial charge in [-0.15, -0.1) is 0 Å². The minimum absolute atomic E-state index is 0.254. The molecule has 0 aromatic heterocycles. The quantitative estimate of drug-likeness (QED) is 0.761. The summed E-state index contributed by atoms with van der Waals surface area (Å²) in [5.74, 6) is 0. The average molecular weight is 282 g/mol. The van der Waals surface area contributed by atoms with Crippen LogP contribution < -0.4 is 5.73 Å². The van der Waals surface area contributed by atoms with Gasteiger partial charge in [0.1, 0.15) is 0 Å². The zero-order valence-electron chi connectivity index (χ0n) is 13.6. The minimum atomic E-state index is 0.254. The van der Waals surface area contributed by atoms with Crippen molar-refractivity contribution in [3.8, 4) is 0 Å². The van der Waals surface area contributed by atoms with Crippen molar-refractivity contribution in [1.29, 1.82) is 0 Å². The molecule has 2 N–H and O–H groups in total. The van der Waals surface area contributed by atoms with Crippen molar-refractivity contribution in [1.82, 2.24) is 14.7 Å². The number of hydrogen-bond donors (Lipinski definition) is 1. The highest BCUT2D eigenvalue weighted by atomic mass is 15.3. The van der Waals surface area contributed by atoms with Crippen LogP contribution in [0.2, 0.25) is 0 Å². The molecule has 0 bridgehead atoms. The Morgan fingerprint density at radius 2 is 1.60 bits per heavy atom. The van der Waals surface area contributed by atoms with E-state index >= 15 is 0 Å². The summed E-state index contributed by atoms with van der Waals surface area (Å²) in [5.41, 5.74) is 6.42. The molecule has 4 nitrogen and oxygen atoms in total. The first kappa shape index (κ1) is 16.2. The Kier molecular flexibility index (Phi) is 6.27. The van der Waals surface area contributed by atoms with Crippen LogP contribution >= 0.6 is 0 Å². The predicted molar refractivity (Wildman–Crippen MR) is 86.1 cm³/mol. The van der Waals surface area contributed by atoms with E-state index < -0.39 is 0 Å².